The number of nitrogens with zero attached hydrogens (tertiary/aromatic N) is 2. The molecule has 110 valence electrons. The lowest BCUT2D eigenvalue weighted by atomic mass is 10.1. The van der Waals surface area contributed by atoms with Gasteiger partial charge in [0.25, 0.3) is 0 Å². The molecule has 21 heavy (non-hydrogen) atoms. The molecule has 0 saturated heterocycles. The summed E-state index contributed by atoms with van der Waals surface area (Å²) in [5.41, 5.74) is 3.65. The minimum atomic E-state index is 0.669. The topological polar surface area (TPSA) is 25.8 Å². The summed E-state index contributed by atoms with van der Waals surface area (Å²) in [5, 5.41) is 0.669. The summed E-state index contributed by atoms with van der Waals surface area (Å²) in [7, 11) is 0. The highest BCUT2D eigenvalue weighted by atomic mass is 35.5. The van der Waals surface area contributed by atoms with Gasteiger partial charge in [0.15, 0.2) is 0 Å². The Hall–Kier alpha value is -1.06. The zero-order valence-corrected chi connectivity index (χ0v) is 13.8. The van der Waals surface area contributed by atoms with E-state index in [0.29, 0.717) is 5.15 Å². The van der Waals surface area contributed by atoms with Gasteiger partial charge in [-0.3, -0.25) is 0 Å². The number of rotatable bonds is 3. The molecule has 0 bridgehead atoms. The number of thioether (sulfide) groups is 1. The second kappa shape index (κ2) is 6.80. The Kier molecular flexibility index (Phi) is 4.81. The fourth-order valence-electron chi connectivity index (χ4n) is 2.70. The molecule has 1 heterocycles. The van der Waals surface area contributed by atoms with E-state index in [-0.39, 0.29) is 0 Å². The molecule has 1 aliphatic rings. The molecule has 0 aliphatic heterocycles. The lowest BCUT2D eigenvalue weighted by molar-refractivity contribution is 0.708. The number of aryl methyl sites for hydroxylation is 2. The van der Waals surface area contributed by atoms with Crippen molar-refractivity contribution in [1.82, 2.24) is 9.97 Å². The van der Waals surface area contributed by atoms with Crippen LogP contribution in [-0.2, 0) is 18.6 Å². The zero-order chi connectivity index (χ0) is 14.7. The molecule has 0 saturated carbocycles. The first-order valence-corrected chi connectivity index (χ1v) is 8.83. The maximum atomic E-state index is 6.37. The summed E-state index contributed by atoms with van der Waals surface area (Å²) >= 11 is 8.15. The van der Waals surface area contributed by atoms with E-state index in [1.54, 1.807) is 11.8 Å². The Morgan fingerprint density at radius 3 is 2.76 bits per heavy atom. The molecule has 0 amide bonds. The van der Waals surface area contributed by atoms with Crippen molar-refractivity contribution in [3.8, 4) is 0 Å². The molecule has 0 unspecified atom stereocenters. The van der Waals surface area contributed by atoms with Crippen LogP contribution in [0, 0.1) is 6.92 Å². The largest absolute Gasteiger partial charge is 0.237 e. The Balaban J connectivity index is 1.79. The molecule has 3 rings (SSSR count). The van der Waals surface area contributed by atoms with Gasteiger partial charge in [0.2, 0.25) is 0 Å². The summed E-state index contributed by atoms with van der Waals surface area (Å²) in [5.74, 6) is 1.63. The molecular weight excluding hydrogens is 300 g/mol. The molecular formula is C17H19ClN2S. The quantitative estimate of drug-likeness (QED) is 0.452. The molecule has 0 N–H and O–H groups in total. The van der Waals surface area contributed by atoms with Crippen molar-refractivity contribution in [3.05, 3.63) is 52.1 Å². The van der Waals surface area contributed by atoms with Gasteiger partial charge in [-0.05, 0) is 44.2 Å². The van der Waals surface area contributed by atoms with Gasteiger partial charge in [0.1, 0.15) is 11.0 Å². The highest BCUT2D eigenvalue weighted by molar-refractivity contribution is 7.98. The van der Waals surface area contributed by atoms with Gasteiger partial charge in [0, 0.05) is 16.2 Å². The molecule has 2 aromatic rings. The van der Waals surface area contributed by atoms with E-state index in [2.05, 4.69) is 36.2 Å². The van der Waals surface area contributed by atoms with Crippen molar-refractivity contribution in [2.45, 2.75) is 49.7 Å². The molecule has 4 heteroatoms. The molecule has 0 spiro atoms. The first kappa shape index (κ1) is 14.9. The average molecular weight is 319 g/mol. The fourth-order valence-corrected chi connectivity index (χ4v) is 3.88. The number of fused-ring (bicyclic) bond motifs is 1. The third kappa shape index (κ3) is 3.58. The number of hydrogen-bond donors (Lipinski definition) is 0. The average Bonchev–Trinajstić information content (AvgIpc) is 2.72. The van der Waals surface area contributed by atoms with Crippen LogP contribution in [0.25, 0.3) is 0 Å². The molecule has 1 aromatic heterocycles. The van der Waals surface area contributed by atoms with Crippen molar-refractivity contribution in [2.24, 2.45) is 0 Å². The summed E-state index contributed by atoms with van der Waals surface area (Å²) in [4.78, 5) is 10.6. The molecule has 0 atom stereocenters. The van der Waals surface area contributed by atoms with Gasteiger partial charge >= 0.3 is 0 Å². The Bertz CT molecular complexity index is 643. The van der Waals surface area contributed by atoms with E-state index in [4.69, 9.17) is 16.6 Å². The SMILES string of the molecule is Cc1ccccc1SCc1nc(Cl)c2c(n1)CCCCC2. The number of aromatic nitrogens is 2. The Morgan fingerprint density at radius 2 is 1.90 bits per heavy atom. The summed E-state index contributed by atoms with van der Waals surface area (Å²) in [6.45, 7) is 2.13. The second-order valence-corrected chi connectivity index (χ2v) is 6.85. The highest BCUT2D eigenvalue weighted by Crippen LogP contribution is 2.28. The van der Waals surface area contributed by atoms with Gasteiger partial charge in [-0.1, -0.05) is 36.2 Å². The number of hydrogen-bond acceptors (Lipinski definition) is 3. The van der Waals surface area contributed by atoms with Crippen LogP contribution in [0.4, 0.5) is 0 Å². The van der Waals surface area contributed by atoms with Crippen LogP contribution in [0.5, 0.6) is 0 Å². The van der Waals surface area contributed by atoms with Crippen molar-refractivity contribution in [1.29, 1.82) is 0 Å². The second-order valence-electron chi connectivity index (χ2n) is 5.47. The molecule has 2 nitrogen and oxygen atoms in total. The maximum absolute atomic E-state index is 6.37. The van der Waals surface area contributed by atoms with Crippen LogP contribution in [0.3, 0.4) is 0 Å². The van der Waals surface area contributed by atoms with Crippen LogP contribution >= 0.6 is 23.4 Å². The van der Waals surface area contributed by atoms with E-state index in [9.17, 15) is 0 Å². The van der Waals surface area contributed by atoms with E-state index < -0.39 is 0 Å². The van der Waals surface area contributed by atoms with Crippen molar-refractivity contribution < 1.29 is 0 Å². The van der Waals surface area contributed by atoms with Gasteiger partial charge in [-0.15, -0.1) is 11.8 Å². The lowest BCUT2D eigenvalue weighted by Gasteiger charge is -2.10. The van der Waals surface area contributed by atoms with Crippen LogP contribution in [0.2, 0.25) is 5.15 Å². The van der Waals surface area contributed by atoms with Crippen LogP contribution < -0.4 is 0 Å². The lowest BCUT2D eigenvalue weighted by Crippen LogP contribution is -2.04. The standard InChI is InChI=1S/C17H19ClN2S/c1-12-7-5-6-10-15(12)21-11-16-19-14-9-4-2-3-8-13(14)17(18)20-16/h5-7,10H,2-4,8-9,11H2,1H3. The summed E-state index contributed by atoms with van der Waals surface area (Å²) in [6, 6.07) is 8.41. The van der Waals surface area contributed by atoms with Crippen LogP contribution in [0.15, 0.2) is 29.2 Å². The van der Waals surface area contributed by atoms with Crippen LogP contribution in [-0.4, -0.2) is 9.97 Å². The predicted octanol–water partition coefficient (Wildman–Crippen LogP) is 5.00. The minimum Gasteiger partial charge on any atom is -0.237 e. The Morgan fingerprint density at radius 1 is 1.10 bits per heavy atom. The molecule has 0 fully saturated rings. The zero-order valence-electron chi connectivity index (χ0n) is 12.2. The van der Waals surface area contributed by atoms with Crippen molar-refractivity contribution >= 4 is 23.4 Å². The first-order chi connectivity index (χ1) is 10.2. The summed E-state index contributed by atoms with van der Waals surface area (Å²) in [6.07, 6.45) is 5.75. The third-order valence-electron chi connectivity index (χ3n) is 3.88. The van der Waals surface area contributed by atoms with E-state index in [1.807, 2.05) is 0 Å². The fraction of sp³-hybridized carbons (Fsp3) is 0.412. The van der Waals surface area contributed by atoms with E-state index in [1.165, 1.54) is 41.0 Å². The summed E-state index contributed by atoms with van der Waals surface area (Å²) < 4.78 is 0. The van der Waals surface area contributed by atoms with Crippen molar-refractivity contribution in [3.63, 3.8) is 0 Å². The van der Waals surface area contributed by atoms with Gasteiger partial charge < -0.3 is 0 Å². The maximum Gasteiger partial charge on any atom is 0.140 e. The highest BCUT2D eigenvalue weighted by Gasteiger charge is 2.15. The van der Waals surface area contributed by atoms with Crippen molar-refractivity contribution in [2.75, 3.05) is 0 Å². The number of benzene rings is 1. The Labute approximate surface area is 135 Å². The number of halogens is 1. The normalized spacial score (nSPS) is 14.6. The van der Waals surface area contributed by atoms with Gasteiger partial charge in [-0.25, -0.2) is 9.97 Å². The van der Waals surface area contributed by atoms with Crippen LogP contribution in [0.1, 0.15) is 41.9 Å². The monoisotopic (exact) mass is 318 g/mol. The molecule has 1 aromatic carbocycles. The minimum absolute atomic E-state index is 0.669. The molecule has 0 radical (unpaired) electrons. The third-order valence-corrected chi connectivity index (χ3v) is 5.36. The first-order valence-electron chi connectivity index (χ1n) is 7.46. The smallest absolute Gasteiger partial charge is 0.140 e. The van der Waals surface area contributed by atoms with E-state index in [0.717, 1.165) is 24.4 Å². The van der Waals surface area contributed by atoms with E-state index >= 15 is 0 Å². The molecule has 1 aliphatic carbocycles. The van der Waals surface area contributed by atoms with Gasteiger partial charge in [0.05, 0.1) is 5.75 Å². The van der Waals surface area contributed by atoms with Gasteiger partial charge in [-0.2, -0.15) is 0 Å². The predicted molar refractivity (Wildman–Crippen MR) is 89.0 cm³/mol.